The highest BCUT2D eigenvalue weighted by Crippen LogP contribution is 2.23. The minimum absolute atomic E-state index is 0.150. The third-order valence-corrected chi connectivity index (χ3v) is 2.27. The van der Waals surface area contributed by atoms with Crippen LogP contribution in [-0.4, -0.2) is 18.5 Å². The first-order valence-corrected chi connectivity index (χ1v) is 5.42. The molecule has 0 saturated carbocycles. The lowest BCUT2D eigenvalue weighted by Gasteiger charge is -2.02. The monoisotopic (exact) mass is 247 g/mol. The zero-order valence-electron chi connectivity index (χ0n) is 9.82. The molecule has 1 heterocycles. The molecule has 0 unspecified atom stereocenters. The van der Waals surface area contributed by atoms with Crippen molar-refractivity contribution >= 4 is 28.6 Å². The van der Waals surface area contributed by atoms with Gasteiger partial charge in [0.05, 0.1) is 6.61 Å². The maximum atomic E-state index is 11.5. The van der Waals surface area contributed by atoms with Gasteiger partial charge in [-0.3, -0.25) is 5.41 Å². The lowest BCUT2D eigenvalue weighted by molar-refractivity contribution is 0.0492. The van der Waals surface area contributed by atoms with Crippen molar-refractivity contribution in [3.05, 3.63) is 30.0 Å². The van der Waals surface area contributed by atoms with Crippen molar-refractivity contribution in [1.29, 1.82) is 5.41 Å². The predicted molar refractivity (Wildman–Crippen MR) is 67.7 cm³/mol. The number of carbonyl (C=O) groups is 1. The maximum Gasteiger partial charge on any atom is 0.374 e. The molecular weight excluding hydrogens is 234 g/mol. The number of hydrogen-bond acceptors (Lipinski definition) is 4. The molecule has 1 aromatic carbocycles. The molecule has 0 saturated heterocycles. The van der Waals surface area contributed by atoms with Crippen LogP contribution in [0.5, 0.6) is 0 Å². The van der Waals surface area contributed by atoms with Crippen LogP contribution < -0.4 is 11.1 Å². The second-order valence-corrected chi connectivity index (χ2v) is 3.62. The molecule has 6 heteroatoms. The highest BCUT2D eigenvalue weighted by atomic mass is 16.5. The zero-order valence-corrected chi connectivity index (χ0v) is 9.82. The fraction of sp³-hybridized carbons (Fsp3) is 0.167. The molecule has 0 aliphatic rings. The van der Waals surface area contributed by atoms with E-state index < -0.39 is 5.97 Å². The SMILES string of the molecule is CCOC(=O)c1cc2cc(NC(=N)N)ccc2o1. The number of rotatable bonds is 3. The number of furan rings is 1. The minimum Gasteiger partial charge on any atom is -0.460 e. The molecule has 2 aromatic rings. The van der Waals surface area contributed by atoms with Crippen molar-refractivity contribution in [3.63, 3.8) is 0 Å². The van der Waals surface area contributed by atoms with E-state index in [1.54, 1.807) is 31.2 Å². The number of fused-ring (bicyclic) bond motifs is 1. The van der Waals surface area contributed by atoms with Crippen LogP contribution >= 0.6 is 0 Å². The fourth-order valence-electron chi connectivity index (χ4n) is 1.58. The lowest BCUT2D eigenvalue weighted by atomic mass is 10.2. The molecular formula is C12H13N3O3. The normalized spacial score (nSPS) is 10.3. The second-order valence-electron chi connectivity index (χ2n) is 3.62. The average molecular weight is 247 g/mol. The summed E-state index contributed by atoms with van der Waals surface area (Å²) in [7, 11) is 0. The van der Waals surface area contributed by atoms with Gasteiger partial charge in [0.25, 0.3) is 0 Å². The summed E-state index contributed by atoms with van der Waals surface area (Å²) in [6.07, 6.45) is 0. The Morgan fingerprint density at radius 2 is 2.28 bits per heavy atom. The Kier molecular flexibility index (Phi) is 3.18. The third-order valence-electron chi connectivity index (χ3n) is 2.27. The Balaban J connectivity index is 2.33. The minimum atomic E-state index is -0.491. The molecule has 0 fully saturated rings. The van der Waals surface area contributed by atoms with Gasteiger partial charge in [0.2, 0.25) is 5.76 Å². The number of esters is 1. The Bertz CT molecular complexity index is 604. The predicted octanol–water partition coefficient (Wildman–Crippen LogP) is 1.91. The summed E-state index contributed by atoms with van der Waals surface area (Å²) in [6.45, 7) is 2.03. The first-order valence-electron chi connectivity index (χ1n) is 5.42. The van der Waals surface area contributed by atoms with Crippen LogP contribution in [0.25, 0.3) is 11.0 Å². The van der Waals surface area contributed by atoms with Gasteiger partial charge < -0.3 is 20.2 Å². The molecule has 0 amide bonds. The van der Waals surface area contributed by atoms with E-state index in [0.29, 0.717) is 17.9 Å². The highest BCUT2D eigenvalue weighted by Gasteiger charge is 2.13. The average Bonchev–Trinajstić information content (AvgIpc) is 2.71. The topological polar surface area (TPSA) is 101 Å². The number of carbonyl (C=O) groups excluding carboxylic acids is 1. The number of benzene rings is 1. The van der Waals surface area contributed by atoms with Crippen molar-refractivity contribution < 1.29 is 13.9 Å². The van der Waals surface area contributed by atoms with Crippen LogP contribution in [-0.2, 0) is 4.74 Å². The molecule has 0 spiro atoms. The molecule has 0 aliphatic heterocycles. The smallest absolute Gasteiger partial charge is 0.374 e. The summed E-state index contributed by atoms with van der Waals surface area (Å²) >= 11 is 0. The van der Waals surface area contributed by atoms with E-state index in [9.17, 15) is 4.79 Å². The van der Waals surface area contributed by atoms with Gasteiger partial charge in [-0.05, 0) is 31.2 Å². The summed E-state index contributed by atoms with van der Waals surface area (Å²) in [5.74, 6) is -0.481. The highest BCUT2D eigenvalue weighted by molar-refractivity contribution is 5.96. The Morgan fingerprint density at radius 1 is 1.50 bits per heavy atom. The molecule has 0 radical (unpaired) electrons. The summed E-state index contributed by atoms with van der Waals surface area (Å²) in [4.78, 5) is 11.5. The van der Waals surface area contributed by atoms with Crippen molar-refractivity contribution in [2.45, 2.75) is 6.92 Å². The van der Waals surface area contributed by atoms with Crippen molar-refractivity contribution in [2.75, 3.05) is 11.9 Å². The standard InChI is InChI=1S/C12H13N3O3/c1-2-17-11(16)10-6-7-5-8(15-12(13)14)3-4-9(7)18-10/h3-6H,2H2,1H3,(H4,13,14,15). The maximum absolute atomic E-state index is 11.5. The van der Waals surface area contributed by atoms with Crippen LogP contribution in [0.2, 0.25) is 0 Å². The van der Waals surface area contributed by atoms with E-state index in [2.05, 4.69) is 5.32 Å². The van der Waals surface area contributed by atoms with Gasteiger partial charge in [-0.15, -0.1) is 0 Å². The van der Waals surface area contributed by atoms with E-state index in [1.807, 2.05) is 0 Å². The molecule has 4 N–H and O–H groups in total. The first-order chi connectivity index (χ1) is 8.60. The summed E-state index contributed by atoms with van der Waals surface area (Å²) in [5, 5.41) is 10.5. The molecule has 1 aromatic heterocycles. The van der Waals surface area contributed by atoms with E-state index in [1.165, 1.54) is 0 Å². The summed E-state index contributed by atoms with van der Waals surface area (Å²) in [6, 6.07) is 6.74. The first kappa shape index (κ1) is 12.0. The van der Waals surface area contributed by atoms with Crippen molar-refractivity contribution in [1.82, 2.24) is 0 Å². The Hall–Kier alpha value is -2.50. The third kappa shape index (κ3) is 2.42. The van der Waals surface area contributed by atoms with Crippen LogP contribution in [0.4, 0.5) is 5.69 Å². The van der Waals surface area contributed by atoms with Gasteiger partial charge in [0.15, 0.2) is 5.96 Å². The van der Waals surface area contributed by atoms with E-state index in [0.717, 1.165) is 5.39 Å². The lowest BCUT2D eigenvalue weighted by Crippen LogP contribution is -2.20. The van der Waals surface area contributed by atoms with E-state index in [-0.39, 0.29) is 11.7 Å². The quantitative estimate of drug-likeness (QED) is 0.437. The molecule has 6 nitrogen and oxygen atoms in total. The van der Waals surface area contributed by atoms with Gasteiger partial charge in [0, 0.05) is 11.1 Å². The van der Waals surface area contributed by atoms with Crippen LogP contribution in [0.15, 0.2) is 28.7 Å². The van der Waals surface area contributed by atoms with Crippen molar-refractivity contribution in [2.24, 2.45) is 5.73 Å². The summed E-state index contributed by atoms with van der Waals surface area (Å²) in [5.41, 5.74) is 6.47. The number of hydrogen-bond donors (Lipinski definition) is 3. The molecule has 94 valence electrons. The number of nitrogens with one attached hydrogen (secondary N) is 2. The van der Waals surface area contributed by atoms with Crippen LogP contribution in [0.3, 0.4) is 0 Å². The van der Waals surface area contributed by atoms with Gasteiger partial charge in [-0.25, -0.2) is 4.79 Å². The van der Waals surface area contributed by atoms with Crippen molar-refractivity contribution in [3.8, 4) is 0 Å². The van der Waals surface area contributed by atoms with Gasteiger partial charge >= 0.3 is 5.97 Å². The molecule has 0 bridgehead atoms. The number of guanidine groups is 1. The number of nitrogens with two attached hydrogens (primary N) is 1. The van der Waals surface area contributed by atoms with E-state index >= 15 is 0 Å². The molecule has 0 aliphatic carbocycles. The van der Waals surface area contributed by atoms with Crippen LogP contribution in [0.1, 0.15) is 17.5 Å². The van der Waals surface area contributed by atoms with Gasteiger partial charge in [-0.1, -0.05) is 0 Å². The van der Waals surface area contributed by atoms with E-state index in [4.69, 9.17) is 20.3 Å². The summed E-state index contributed by atoms with van der Waals surface area (Å²) < 4.78 is 10.2. The second kappa shape index (κ2) is 4.79. The molecule has 0 atom stereocenters. The van der Waals surface area contributed by atoms with Gasteiger partial charge in [0.1, 0.15) is 5.58 Å². The zero-order chi connectivity index (χ0) is 13.1. The van der Waals surface area contributed by atoms with Crippen LogP contribution in [0, 0.1) is 5.41 Å². The number of anilines is 1. The largest absolute Gasteiger partial charge is 0.460 e. The Labute approximate surface area is 103 Å². The molecule has 18 heavy (non-hydrogen) atoms. The number of ether oxygens (including phenoxy) is 1. The Morgan fingerprint density at radius 3 is 2.94 bits per heavy atom. The van der Waals surface area contributed by atoms with Gasteiger partial charge in [-0.2, -0.15) is 0 Å². The molecule has 2 rings (SSSR count). The fourth-order valence-corrected chi connectivity index (χ4v) is 1.58.